The third-order valence-corrected chi connectivity index (χ3v) is 4.12. The van der Waals surface area contributed by atoms with E-state index in [4.69, 9.17) is 4.74 Å². The highest BCUT2D eigenvalue weighted by atomic mass is 16.5. The molecule has 0 aromatic heterocycles. The molecule has 94 valence electrons. The van der Waals surface area contributed by atoms with Crippen LogP contribution in [0.15, 0.2) is 0 Å². The molecule has 0 aromatic rings. The molecule has 0 spiro atoms. The first-order valence-electron chi connectivity index (χ1n) is 6.77. The van der Waals surface area contributed by atoms with Crippen LogP contribution in [0.25, 0.3) is 0 Å². The Hall–Kier alpha value is -0.120. The summed E-state index contributed by atoms with van der Waals surface area (Å²) in [6.45, 7) is 7.12. The Labute approximate surface area is 99.5 Å². The average molecular weight is 226 g/mol. The lowest BCUT2D eigenvalue weighted by molar-refractivity contribution is 0.0178. The van der Waals surface area contributed by atoms with Crippen LogP contribution in [-0.4, -0.2) is 51.3 Å². The van der Waals surface area contributed by atoms with Crippen LogP contribution in [0.1, 0.15) is 32.1 Å². The molecule has 2 saturated heterocycles. The summed E-state index contributed by atoms with van der Waals surface area (Å²) in [7, 11) is 1.85. The molecule has 0 atom stereocenters. The van der Waals surface area contributed by atoms with E-state index in [1.165, 1.54) is 51.7 Å². The zero-order valence-corrected chi connectivity index (χ0v) is 10.6. The van der Waals surface area contributed by atoms with Crippen LogP contribution < -0.4 is 5.32 Å². The predicted octanol–water partition coefficient (Wildman–Crippen LogP) is 1.49. The van der Waals surface area contributed by atoms with Crippen LogP contribution in [0.3, 0.4) is 0 Å². The summed E-state index contributed by atoms with van der Waals surface area (Å²) in [5.41, 5.74) is 0.428. The standard InChI is InChI=1S/C13H26N2O/c1-16-12-13(5-7-14-8-6-13)11-15-9-3-2-4-10-15/h14H,2-12H2,1H3. The lowest BCUT2D eigenvalue weighted by atomic mass is 9.79. The quantitative estimate of drug-likeness (QED) is 0.786. The highest BCUT2D eigenvalue weighted by Crippen LogP contribution is 2.31. The van der Waals surface area contributed by atoms with Crippen LogP contribution in [0.2, 0.25) is 0 Å². The fourth-order valence-electron chi connectivity index (χ4n) is 3.20. The highest BCUT2D eigenvalue weighted by molar-refractivity contribution is 4.88. The molecule has 0 unspecified atom stereocenters. The summed E-state index contributed by atoms with van der Waals surface area (Å²) in [6, 6.07) is 0. The lowest BCUT2D eigenvalue weighted by Gasteiger charge is -2.42. The molecular formula is C13H26N2O. The molecule has 2 aliphatic rings. The van der Waals surface area contributed by atoms with Gasteiger partial charge in [-0.3, -0.25) is 0 Å². The summed E-state index contributed by atoms with van der Waals surface area (Å²) < 4.78 is 5.47. The zero-order valence-electron chi connectivity index (χ0n) is 10.6. The number of likely N-dealkylation sites (tertiary alicyclic amines) is 1. The molecule has 1 N–H and O–H groups in total. The number of nitrogens with zero attached hydrogens (tertiary/aromatic N) is 1. The normalized spacial score (nSPS) is 26.8. The van der Waals surface area contributed by atoms with Crippen molar-refractivity contribution in [2.45, 2.75) is 32.1 Å². The molecule has 0 aliphatic carbocycles. The number of methoxy groups -OCH3 is 1. The van der Waals surface area contributed by atoms with Gasteiger partial charge in [0.1, 0.15) is 0 Å². The Morgan fingerprint density at radius 2 is 1.81 bits per heavy atom. The first-order chi connectivity index (χ1) is 7.85. The number of rotatable bonds is 4. The van der Waals surface area contributed by atoms with Gasteiger partial charge < -0.3 is 15.0 Å². The molecule has 2 aliphatic heterocycles. The second-order valence-corrected chi connectivity index (χ2v) is 5.52. The SMILES string of the molecule is COCC1(CN2CCCCC2)CCNCC1. The van der Waals surface area contributed by atoms with Crippen LogP contribution in [0, 0.1) is 5.41 Å². The minimum absolute atomic E-state index is 0.428. The molecule has 0 radical (unpaired) electrons. The van der Waals surface area contributed by atoms with Crippen LogP contribution in [0.5, 0.6) is 0 Å². The molecule has 2 heterocycles. The minimum atomic E-state index is 0.428. The van der Waals surface area contributed by atoms with Crippen molar-refractivity contribution in [3.63, 3.8) is 0 Å². The maximum absolute atomic E-state index is 5.47. The first kappa shape index (κ1) is 12.3. The molecule has 0 bridgehead atoms. The molecular weight excluding hydrogens is 200 g/mol. The molecule has 2 fully saturated rings. The Morgan fingerprint density at radius 1 is 1.12 bits per heavy atom. The molecule has 0 amide bonds. The summed E-state index contributed by atoms with van der Waals surface area (Å²) >= 11 is 0. The van der Waals surface area contributed by atoms with Crippen molar-refractivity contribution in [3.8, 4) is 0 Å². The van der Waals surface area contributed by atoms with Gasteiger partial charge in [0.2, 0.25) is 0 Å². The number of piperidine rings is 2. The Bertz CT molecular complexity index is 191. The van der Waals surface area contributed by atoms with E-state index in [0.29, 0.717) is 5.41 Å². The molecule has 0 aromatic carbocycles. The van der Waals surface area contributed by atoms with Gasteiger partial charge in [0, 0.05) is 19.1 Å². The summed E-state index contributed by atoms with van der Waals surface area (Å²) in [4.78, 5) is 2.66. The van der Waals surface area contributed by atoms with Crippen LogP contribution in [-0.2, 0) is 4.74 Å². The summed E-state index contributed by atoms with van der Waals surface area (Å²) in [5, 5.41) is 3.46. The van der Waals surface area contributed by atoms with E-state index in [1.807, 2.05) is 7.11 Å². The van der Waals surface area contributed by atoms with E-state index >= 15 is 0 Å². The fourth-order valence-corrected chi connectivity index (χ4v) is 3.20. The lowest BCUT2D eigenvalue weighted by Crippen LogP contribution is -2.48. The molecule has 2 rings (SSSR count). The molecule has 0 saturated carbocycles. The van der Waals surface area contributed by atoms with Crippen molar-refractivity contribution in [3.05, 3.63) is 0 Å². The minimum Gasteiger partial charge on any atom is -0.384 e. The molecule has 16 heavy (non-hydrogen) atoms. The van der Waals surface area contributed by atoms with Crippen molar-refractivity contribution in [2.75, 3.05) is 46.4 Å². The maximum Gasteiger partial charge on any atom is 0.0531 e. The van der Waals surface area contributed by atoms with Gasteiger partial charge in [-0.25, -0.2) is 0 Å². The predicted molar refractivity (Wildman–Crippen MR) is 66.7 cm³/mol. The summed E-state index contributed by atoms with van der Waals surface area (Å²) in [5.74, 6) is 0. The van der Waals surface area contributed by atoms with Crippen molar-refractivity contribution in [2.24, 2.45) is 5.41 Å². The first-order valence-corrected chi connectivity index (χ1v) is 6.77. The Morgan fingerprint density at radius 3 is 2.44 bits per heavy atom. The number of hydrogen-bond donors (Lipinski definition) is 1. The third kappa shape index (κ3) is 3.19. The van der Waals surface area contributed by atoms with Gasteiger partial charge >= 0.3 is 0 Å². The van der Waals surface area contributed by atoms with Gasteiger partial charge in [-0.05, 0) is 51.9 Å². The van der Waals surface area contributed by atoms with Gasteiger partial charge in [0.25, 0.3) is 0 Å². The van der Waals surface area contributed by atoms with Gasteiger partial charge in [-0.1, -0.05) is 6.42 Å². The fraction of sp³-hybridized carbons (Fsp3) is 1.00. The Kier molecular flexibility index (Phi) is 4.62. The van der Waals surface area contributed by atoms with E-state index in [-0.39, 0.29) is 0 Å². The van der Waals surface area contributed by atoms with Gasteiger partial charge in [0.05, 0.1) is 6.61 Å². The molecule has 3 nitrogen and oxygen atoms in total. The highest BCUT2D eigenvalue weighted by Gasteiger charge is 2.34. The second-order valence-electron chi connectivity index (χ2n) is 5.52. The van der Waals surface area contributed by atoms with Crippen LogP contribution in [0.4, 0.5) is 0 Å². The third-order valence-electron chi connectivity index (χ3n) is 4.12. The maximum atomic E-state index is 5.47. The Balaban J connectivity index is 1.89. The monoisotopic (exact) mass is 226 g/mol. The van der Waals surface area contributed by atoms with Crippen LogP contribution >= 0.6 is 0 Å². The van der Waals surface area contributed by atoms with E-state index < -0.39 is 0 Å². The van der Waals surface area contributed by atoms with E-state index in [1.54, 1.807) is 0 Å². The smallest absolute Gasteiger partial charge is 0.0531 e. The number of nitrogens with one attached hydrogen (secondary N) is 1. The van der Waals surface area contributed by atoms with Gasteiger partial charge in [0.15, 0.2) is 0 Å². The largest absolute Gasteiger partial charge is 0.384 e. The zero-order chi connectivity index (χ0) is 11.3. The summed E-state index contributed by atoms with van der Waals surface area (Å²) in [6.07, 6.45) is 6.76. The van der Waals surface area contributed by atoms with Crippen molar-refractivity contribution in [1.29, 1.82) is 0 Å². The number of hydrogen-bond acceptors (Lipinski definition) is 3. The number of ether oxygens (including phenoxy) is 1. The molecule has 3 heteroatoms. The van der Waals surface area contributed by atoms with Crippen molar-refractivity contribution >= 4 is 0 Å². The van der Waals surface area contributed by atoms with E-state index in [9.17, 15) is 0 Å². The van der Waals surface area contributed by atoms with Gasteiger partial charge in [-0.15, -0.1) is 0 Å². The van der Waals surface area contributed by atoms with Crippen molar-refractivity contribution in [1.82, 2.24) is 10.2 Å². The van der Waals surface area contributed by atoms with Crippen molar-refractivity contribution < 1.29 is 4.74 Å². The van der Waals surface area contributed by atoms with Gasteiger partial charge in [-0.2, -0.15) is 0 Å². The average Bonchev–Trinajstić information content (AvgIpc) is 2.31. The topological polar surface area (TPSA) is 24.5 Å². The second kappa shape index (κ2) is 5.99. The van der Waals surface area contributed by atoms with E-state index in [0.717, 1.165) is 19.7 Å². The van der Waals surface area contributed by atoms with E-state index in [2.05, 4.69) is 10.2 Å².